The van der Waals surface area contributed by atoms with Crippen LogP contribution in [0.25, 0.3) is 0 Å². The van der Waals surface area contributed by atoms with E-state index in [0.29, 0.717) is 5.69 Å². The number of hydrogen-bond acceptors (Lipinski definition) is 3. The summed E-state index contributed by atoms with van der Waals surface area (Å²) in [6.07, 6.45) is 0.283. The molecule has 0 aliphatic carbocycles. The van der Waals surface area contributed by atoms with Gasteiger partial charge in [0.05, 0.1) is 10.9 Å². The number of amides is 2. The molecule has 2 aromatic carbocycles. The molecule has 0 bridgehead atoms. The summed E-state index contributed by atoms with van der Waals surface area (Å²) in [5.41, 5.74) is 1.83. The molecule has 106 valence electrons. The summed E-state index contributed by atoms with van der Waals surface area (Å²) in [4.78, 5) is 25.8. The van der Waals surface area contributed by atoms with E-state index in [4.69, 9.17) is 0 Å². The van der Waals surface area contributed by atoms with Crippen molar-refractivity contribution in [2.75, 3.05) is 4.90 Å². The molecule has 1 atom stereocenters. The van der Waals surface area contributed by atoms with E-state index in [-0.39, 0.29) is 23.5 Å². The fourth-order valence-electron chi connectivity index (χ4n) is 2.35. The summed E-state index contributed by atoms with van der Waals surface area (Å²) in [5.74, 6) is 0.525. The number of para-hydroxylation sites is 1. The van der Waals surface area contributed by atoms with Gasteiger partial charge in [0.2, 0.25) is 11.8 Å². The standard InChI is InChI=1S/C17H15NO2S/c19-16-11-15(21-12-13-7-3-1-4-8-13)17(20)18(16)14-9-5-2-6-10-14/h1-10,15H,11-12H2. The van der Waals surface area contributed by atoms with E-state index < -0.39 is 0 Å². The van der Waals surface area contributed by atoms with Crippen LogP contribution in [0.1, 0.15) is 12.0 Å². The second kappa shape index (κ2) is 6.14. The number of thioether (sulfide) groups is 1. The van der Waals surface area contributed by atoms with Crippen molar-refractivity contribution in [1.82, 2.24) is 0 Å². The number of imide groups is 1. The van der Waals surface area contributed by atoms with Gasteiger partial charge >= 0.3 is 0 Å². The van der Waals surface area contributed by atoms with Gasteiger partial charge in [0.25, 0.3) is 0 Å². The highest BCUT2D eigenvalue weighted by Crippen LogP contribution is 2.31. The lowest BCUT2D eigenvalue weighted by Crippen LogP contribution is -2.31. The molecule has 3 nitrogen and oxygen atoms in total. The van der Waals surface area contributed by atoms with Crippen molar-refractivity contribution in [2.24, 2.45) is 0 Å². The van der Waals surface area contributed by atoms with Gasteiger partial charge in [-0.15, -0.1) is 11.8 Å². The SMILES string of the molecule is O=C1CC(SCc2ccccc2)C(=O)N1c1ccccc1. The van der Waals surface area contributed by atoms with Gasteiger partial charge < -0.3 is 0 Å². The quantitative estimate of drug-likeness (QED) is 0.813. The summed E-state index contributed by atoms with van der Waals surface area (Å²) in [6, 6.07) is 19.1. The van der Waals surface area contributed by atoms with Crippen LogP contribution < -0.4 is 4.90 Å². The number of carbonyl (C=O) groups excluding carboxylic acids is 2. The van der Waals surface area contributed by atoms with E-state index >= 15 is 0 Å². The topological polar surface area (TPSA) is 37.4 Å². The van der Waals surface area contributed by atoms with Crippen molar-refractivity contribution in [3.63, 3.8) is 0 Å². The van der Waals surface area contributed by atoms with Gasteiger partial charge in [-0.25, -0.2) is 4.90 Å². The van der Waals surface area contributed by atoms with E-state index in [9.17, 15) is 9.59 Å². The molecule has 0 radical (unpaired) electrons. The first-order chi connectivity index (χ1) is 10.3. The second-order valence-electron chi connectivity index (χ2n) is 4.89. The summed E-state index contributed by atoms with van der Waals surface area (Å²) in [5, 5.41) is -0.280. The molecule has 0 saturated carbocycles. The third kappa shape index (κ3) is 3.00. The maximum atomic E-state index is 12.4. The number of hydrogen-bond donors (Lipinski definition) is 0. The fraction of sp³-hybridized carbons (Fsp3) is 0.176. The van der Waals surface area contributed by atoms with E-state index in [1.165, 1.54) is 22.2 Å². The highest BCUT2D eigenvalue weighted by Gasteiger charge is 2.39. The van der Waals surface area contributed by atoms with Gasteiger partial charge in [0.15, 0.2) is 0 Å². The normalized spacial score (nSPS) is 18.3. The van der Waals surface area contributed by atoms with Crippen molar-refractivity contribution in [2.45, 2.75) is 17.4 Å². The molecule has 2 aromatic rings. The Bertz CT molecular complexity index is 642. The van der Waals surface area contributed by atoms with Crippen LogP contribution in [0.3, 0.4) is 0 Å². The Morgan fingerprint density at radius 2 is 1.57 bits per heavy atom. The minimum absolute atomic E-state index is 0.105. The van der Waals surface area contributed by atoms with E-state index in [1.54, 1.807) is 12.1 Å². The van der Waals surface area contributed by atoms with Crippen molar-refractivity contribution in [3.05, 3.63) is 66.2 Å². The largest absolute Gasteiger partial charge is 0.274 e. The summed E-state index contributed by atoms with van der Waals surface area (Å²) < 4.78 is 0. The Hall–Kier alpha value is -2.07. The molecule has 4 heteroatoms. The van der Waals surface area contributed by atoms with Crippen LogP contribution in [0, 0.1) is 0 Å². The van der Waals surface area contributed by atoms with Crippen LogP contribution in [-0.2, 0) is 15.3 Å². The molecule has 3 rings (SSSR count). The lowest BCUT2D eigenvalue weighted by molar-refractivity contribution is -0.121. The van der Waals surface area contributed by atoms with Gasteiger partial charge in [-0.2, -0.15) is 0 Å². The van der Waals surface area contributed by atoms with Crippen molar-refractivity contribution >= 4 is 29.3 Å². The average Bonchev–Trinajstić information content (AvgIpc) is 2.81. The van der Waals surface area contributed by atoms with Crippen LogP contribution in [0.4, 0.5) is 5.69 Å². The Labute approximate surface area is 128 Å². The van der Waals surface area contributed by atoms with Crippen LogP contribution in [0.2, 0.25) is 0 Å². The molecule has 1 aliphatic rings. The van der Waals surface area contributed by atoms with Crippen LogP contribution in [0.15, 0.2) is 60.7 Å². The smallest absolute Gasteiger partial charge is 0.247 e. The lowest BCUT2D eigenvalue weighted by Gasteiger charge is -2.14. The molecule has 0 aromatic heterocycles. The predicted molar refractivity (Wildman–Crippen MR) is 85.1 cm³/mol. The van der Waals surface area contributed by atoms with Gasteiger partial charge in [-0.1, -0.05) is 48.5 Å². The van der Waals surface area contributed by atoms with Crippen LogP contribution in [0.5, 0.6) is 0 Å². The number of carbonyl (C=O) groups is 2. The van der Waals surface area contributed by atoms with E-state index in [1.807, 2.05) is 48.5 Å². The van der Waals surface area contributed by atoms with Crippen molar-refractivity contribution in [3.8, 4) is 0 Å². The average molecular weight is 297 g/mol. The predicted octanol–water partition coefficient (Wildman–Crippen LogP) is 3.25. The number of rotatable bonds is 4. The summed E-state index contributed by atoms with van der Waals surface area (Å²) in [7, 11) is 0. The van der Waals surface area contributed by atoms with Gasteiger partial charge in [-0.3, -0.25) is 9.59 Å². The molecule has 1 heterocycles. The summed E-state index contributed by atoms with van der Waals surface area (Å²) >= 11 is 1.54. The molecular weight excluding hydrogens is 282 g/mol. The molecule has 1 fully saturated rings. The molecule has 1 aliphatic heterocycles. The Morgan fingerprint density at radius 1 is 0.952 bits per heavy atom. The van der Waals surface area contributed by atoms with Gasteiger partial charge in [0.1, 0.15) is 0 Å². The molecule has 2 amide bonds. The fourth-order valence-corrected chi connectivity index (χ4v) is 3.45. The third-order valence-corrected chi connectivity index (χ3v) is 4.68. The summed E-state index contributed by atoms with van der Waals surface area (Å²) in [6.45, 7) is 0. The maximum absolute atomic E-state index is 12.4. The molecule has 0 N–H and O–H groups in total. The van der Waals surface area contributed by atoms with E-state index in [0.717, 1.165) is 5.75 Å². The lowest BCUT2D eigenvalue weighted by atomic mass is 10.2. The minimum Gasteiger partial charge on any atom is -0.274 e. The minimum atomic E-state index is -0.280. The maximum Gasteiger partial charge on any atom is 0.247 e. The molecular formula is C17H15NO2S. The Balaban J connectivity index is 1.69. The van der Waals surface area contributed by atoms with Crippen LogP contribution in [-0.4, -0.2) is 17.1 Å². The highest BCUT2D eigenvalue weighted by molar-refractivity contribution is 7.99. The Morgan fingerprint density at radius 3 is 2.24 bits per heavy atom. The zero-order valence-electron chi connectivity index (χ0n) is 11.4. The van der Waals surface area contributed by atoms with Gasteiger partial charge in [0, 0.05) is 12.2 Å². The van der Waals surface area contributed by atoms with Gasteiger partial charge in [-0.05, 0) is 17.7 Å². The van der Waals surface area contributed by atoms with Crippen molar-refractivity contribution < 1.29 is 9.59 Å². The number of nitrogens with zero attached hydrogens (tertiary/aromatic N) is 1. The first-order valence-corrected chi connectivity index (χ1v) is 7.88. The third-order valence-electron chi connectivity index (χ3n) is 3.41. The highest BCUT2D eigenvalue weighted by atomic mass is 32.2. The number of anilines is 1. The first kappa shape index (κ1) is 13.9. The van der Waals surface area contributed by atoms with E-state index in [2.05, 4.69) is 0 Å². The molecule has 0 spiro atoms. The second-order valence-corrected chi connectivity index (χ2v) is 6.08. The Kier molecular flexibility index (Phi) is 4.06. The molecule has 1 unspecified atom stereocenters. The van der Waals surface area contributed by atoms with Crippen LogP contribution >= 0.6 is 11.8 Å². The monoisotopic (exact) mass is 297 g/mol. The molecule has 21 heavy (non-hydrogen) atoms. The zero-order valence-corrected chi connectivity index (χ0v) is 12.3. The number of benzene rings is 2. The van der Waals surface area contributed by atoms with Crippen molar-refractivity contribution in [1.29, 1.82) is 0 Å². The zero-order chi connectivity index (χ0) is 14.7. The molecule has 1 saturated heterocycles. The first-order valence-electron chi connectivity index (χ1n) is 6.83.